The number of rotatable bonds is 8. The first-order valence-electron chi connectivity index (χ1n) is 7.97. The smallest absolute Gasteiger partial charge is 0.317 e. The Morgan fingerprint density at radius 3 is 2.48 bits per heavy atom. The Morgan fingerprint density at radius 1 is 1.14 bits per heavy atom. The van der Waals surface area contributed by atoms with E-state index in [0.717, 1.165) is 44.9 Å². The first kappa shape index (κ1) is 16.1. The van der Waals surface area contributed by atoms with Gasteiger partial charge in [0.15, 0.2) is 0 Å². The van der Waals surface area contributed by atoms with Gasteiger partial charge in [-0.3, -0.25) is 4.79 Å². The molecule has 0 aromatic heterocycles. The maximum Gasteiger partial charge on any atom is 0.317 e. The van der Waals surface area contributed by atoms with Gasteiger partial charge in [0.2, 0.25) is 0 Å². The summed E-state index contributed by atoms with van der Waals surface area (Å²) < 4.78 is 5.48. The number of amides is 2. The van der Waals surface area contributed by atoms with E-state index in [1.807, 2.05) is 4.90 Å². The molecular weight excluding hydrogens is 272 g/mol. The molecule has 0 spiro atoms. The van der Waals surface area contributed by atoms with E-state index in [4.69, 9.17) is 9.84 Å². The van der Waals surface area contributed by atoms with Gasteiger partial charge in [0.05, 0.1) is 6.61 Å². The number of carboxylic acid groups (broad SMARTS) is 1. The van der Waals surface area contributed by atoms with Gasteiger partial charge in [-0.05, 0) is 43.9 Å². The second-order valence-electron chi connectivity index (χ2n) is 6.11. The summed E-state index contributed by atoms with van der Waals surface area (Å²) >= 11 is 0. The number of likely N-dealkylation sites (tertiary alicyclic amines) is 1. The Kier molecular flexibility index (Phi) is 6.29. The second kappa shape index (κ2) is 8.22. The minimum Gasteiger partial charge on any atom is -0.481 e. The van der Waals surface area contributed by atoms with E-state index in [9.17, 15) is 9.59 Å². The number of nitrogens with one attached hydrogen (secondary N) is 1. The molecule has 2 fully saturated rings. The Morgan fingerprint density at radius 2 is 1.86 bits per heavy atom. The summed E-state index contributed by atoms with van der Waals surface area (Å²) in [6.07, 6.45) is 5.32. The fourth-order valence-corrected chi connectivity index (χ4v) is 2.63. The average Bonchev–Trinajstić information content (AvgIpc) is 3.29. The Hall–Kier alpha value is -1.30. The summed E-state index contributed by atoms with van der Waals surface area (Å²) in [7, 11) is 0. The molecule has 0 aromatic carbocycles. The van der Waals surface area contributed by atoms with Crippen molar-refractivity contribution in [2.45, 2.75) is 38.5 Å². The Bertz CT molecular complexity index is 350. The number of carbonyl (C=O) groups excluding carboxylic acids is 1. The molecule has 2 N–H and O–H groups in total. The fraction of sp³-hybridized carbons (Fsp3) is 0.867. The van der Waals surface area contributed by atoms with Crippen LogP contribution in [0, 0.1) is 11.8 Å². The molecule has 1 aliphatic carbocycles. The highest BCUT2D eigenvalue weighted by Crippen LogP contribution is 2.28. The molecule has 1 heterocycles. The first-order valence-corrected chi connectivity index (χ1v) is 7.97. The van der Waals surface area contributed by atoms with Crippen LogP contribution in [0.15, 0.2) is 0 Å². The van der Waals surface area contributed by atoms with E-state index < -0.39 is 5.97 Å². The number of ether oxygens (including phenoxy) is 1. The number of carbonyl (C=O) groups is 2. The van der Waals surface area contributed by atoms with E-state index >= 15 is 0 Å². The Balaban J connectivity index is 1.51. The molecule has 6 heteroatoms. The number of carboxylic acids is 1. The van der Waals surface area contributed by atoms with Gasteiger partial charge < -0.3 is 20.1 Å². The third-order valence-corrected chi connectivity index (χ3v) is 4.24. The normalized spacial score (nSPS) is 19.5. The lowest BCUT2D eigenvalue weighted by molar-refractivity contribution is -0.137. The summed E-state index contributed by atoms with van der Waals surface area (Å²) in [6.45, 7) is 3.41. The van der Waals surface area contributed by atoms with Crippen molar-refractivity contribution in [2.24, 2.45) is 11.8 Å². The van der Waals surface area contributed by atoms with Crippen LogP contribution in [-0.2, 0) is 9.53 Å². The van der Waals surface area contributed by atoms with Crippen molar-refractivity contribution in [1.29, 1.82) is 0 Å². The maximum absolute atomic E-state index is 11.9. The van der Waals surface area contributed by atoms with E-state index in [0.29, 0.717) is 19.1 Å². The molecule has 2 rings (SSSR count). The lowest BCUT2D eigenvalue weighted by Gasteiger charge is -2.31. The highest BCUT2D eigenvalue weighted by atomic mass is 16.5. The summed E-state index contributed by atoms with van der Waals surface area (Å²) in [5, 5.41) is 11.6. The number of nitrogens with zero attached hydrogens (tertiary/aromatic N) is 1. The Labute approximate surface area is 125 Å². The predicted molar refractivity (Wildman–Crippen MR) is 78.1 cm³/mol. The van der Waals surface area contributed by atoms with E-state index in [-0.39, 0.29) is 12.5 Å². The van der Waals surface area contributed by atoms with Crippen LogP contribution in [-0.4, -0.2) is 54.9 Å². The number of hydrogen-bond acceptors (Lipinski definition) is 3. The average molecular weight is 298 g/mol. The molecule has 0 bridgehead atoms. The van der Waals surface area contributed by atoms with Crippen LogP contribution in [0.1, 0.15) is 38.5 Å². The quantitative estimate of drug-likeness (QED) is 0.669. The maximum atomic E-state index is 11.9. The van der Waals surface area contributed by atoms with Crippen LogP contribution in [0.2, 0.25) is 0 Å². The largest absolute Gasteiger partial charge is 0.481 e. The van der Waals surface area contributed by atoms with Crippen molar-refractivity contribution < 1.29 is 19.4 Å². The third-order valence-electron chi connectivity index (χ3n) is 4.24. The zero-order valence-electron chi connectivity index (χ0n) is 12.6. The predicted octanol–water partition coefficient (Wildman–Crippen LogP) is 1.70. The second-order valence-corrected chi connectivity index (χ2v) is 6.11. The van der Waals surface area contributed by atoms with E-state index in [1.54, 1.807) is 0 Å². The fourth-order valence-electron chi connectivity index (χ4n) is 2.63. The molecule has 1 aliphatic heterocycles. The van der Waals surface area contributed by atoms with Gasteiger partial charge in [0.1, 0.15) is 0 Å². The molecule has 0 aromatic rings. The molecule has 6 nitrogen and oxygen atoms in total. The topological polar surface area (TPSA) is 78.9 Å². The minimum atomic E-state index is -0.735. The standard InChI is InChI=1S/C15H26N2O4/c18-14(19)4-3-12-5-8-17(9-6-12)15(20)16-7-10-21-11-13-1-2-13/h12-13H,1-11H2,(H,16,20)(H,18,19). The van der Waals surface area contributed by atoms with Crippen molar-refractivity contribution in [1.82, 2.24) is 10.2 Å². The van der Waals surface area contributed by atoms with Crippen LogP contribution >= 0.6 is 0 Å². The zero-order valence-corrected chi connectivity index (χ0v) is 12.6. The van der Waals surface area contributed by atoms with Crippen molar-refractivity contribution in [3.8, 4) is 0 Å². The number of aliphatic carboxylic acids is 1. The molecule has 120 valence electrons. The van der Waals surface area contributed by atoms with Crippen LogP contribution in [0.25, 0.3) is 0 Å². The molecule has 0 radical (unpaired) electrons. The molecule has 21 heavy (non-hydrogen) atoms. The van der Waals surface area contributed by atoms with Crippen molar-refractivity contribution in [3.63, 3.8) is 0 Å². The molecule has 2 amide bonds. The van der Waals surface area contributed by atoms with Crippen LogP contribution in [0.4, 0.5) is 4.79 Å². The van der Waals surface area contributed by atoms with Crippen molar-refractivity contribution in [3.05, 3.63) is 0 Å². The third kappa shape index (κ3) is 6.33. The summed E-state index contributed by atoms with van der Waals surface area (Å²) in [5.41, 5.74) is 0. The van der Waals surface area contributed by atoms with Gasteiger partial charge in [-0.25, -0.2) is 4.79 Å². The highest BCUT2D eigenvalue weighted by molar-refractivity contribution is 5.74. The molecular formula is C15H26N2O4. The number of urea groups is 1. The van der Waals surface area contributed by atoms with Crippen LogP contribution < -0.4 is 5.32 Å². The van der Waals surface area contributed by atoms with Gasteiger partial charge in [-0.2, -0.15) is 0 Å². The zero-order chi connectivity index (χ0) is 15.1. The van der Waals surface area contributed by atoms with E-state index in [1.165, 1.54) is 12.8 Å². The van der Waals surface area contributed by atoms with Crippen LogP contribution in [0.3, 0.4) is 0 Å². The molecule has 1 saturated heterocycles. The van der Waals surface area contributed by atoms with Gasteiger partial charge in [0, 0.05) is 32.7 Å². The van der Waals surface area contributed by atoms with Crippen LogP contribution in [0.5, 0.6) is 0 Å². The highest BCUT2D eigenvalue weighted by Gasteiger charge is 2.23. The monoisotopic (exact) mass is 298 g/mol. The van der Waals surface area contributed by atoms with Gasteiger partial charge >= 0.3 is 12.0 Å². The summed E-state index contributed by atoms with van der Waals surface area (Å²) in [5.74, 6) is 0.457. The first-order chi connectivity index (χ1) is 10.1. The summed E-state index contributed by atoms with van der Waals surface area (Å²) in [4.78, 5) is 24.3. The minimum absolute atomic E-state index is 0.0262. The molecule has 0 unspecified atom stereocenters. The van der Waals surface area contributed by atoms with Gasteiger partial charge in [0.25, 0.3) is 0 Å². The lowest BCUT2D eigenvalue weighted by atomic mass is 9.92. The van der Waals surface area contributed by atoms with Crippen molar-refractivity contribution in [2.75, 3.05) is 32.8 Å². The SMILES string of the molecule is O=C(O)CCC1CCN(C(=O)NCCOCC2CC2)CC1. The molecule has 1 saturated carbocycles. The molecule has 0 atom stereocenters. The number of piperidine rings is 1. The van der Waals surface area contributed by atoms with E-state index in [2.05, 4.69) is 5.32 Å². The lowest BCUT2D eigenvalue weighted by Crippen LogP contribution is -2.45. The summed E-state index contributed by atoms with van der Waals surface area (Å²) in [6, 6.07) is -0.0262. The number of hydrogen-bond donors (Lipinski definition) is 2. The van der Waals surface area contributed by atoms with Gasteiger partial charge in [-0.1, -0.05) is 0 Å². The molecule has 2 aliphatic rings. The van der Waals surface area contributed by atoms with Crippen molar-refractivity contribution >= 4 is 12.0 Å². The van der Waals surface area contributed by atoms with Gasteiger partial charge in [-0.15, -0.1) is 0 Å².